The Kier molecular flexibility index (Phi) is 3.90. The molecular formula is C17H18FNO3S. The van der Waals surface area contributed by atoms with E-state index in [9.17, 15) is 17.9 Å². The summed E-state index contributed by atoms with van der Waals surface area (Å²) in [6.07, 6.45) is -0.619. The fourth-order valence-electron chi connectivity index (χ4n) is 2.89. The molecule has 4 nitrogen and oxygen atoms in total. The van der Waals surface area contributed by atoms with E-state index in [1.807, 2.05) is 13.0 Å². The highest BCUT2D eigenvalue weighted by Gasteiger charge is 2.33. The van der Waals surface area contributed by atoms with Crippen LogP contribution in [0, 0.1) is 19.7 Å². The molecule has 0 aromatic heterocycles. The van der Waals surface area contributed by atoms with E-state index in [2.05, 4.69) is 0 Å². The van der Waals surface area contributed by atoms with E-state index in [4.69, 9.17) is 0 Å². The fourth-order valence-corrected chi connectivity index (χ4v) is 4.71. The Labute approximate surface area is 135 Å². The van der Waals surface area contributed by atoms with E-state index in [1.54, 1.807) is 19.1 Å². The van der Waals surface area contributed by atoms with Crippen LogP contribution in [0.4, 0.5) is 10.1 Å². The van der Waals surface area contributed by atoms with Crippen LogP contribution in [0.2, 0.25) is 0 Å². The number of anilines is 1. The fraction of sp³-hybridized carbons (Fsp3) is 0.294. The van der Waals surface area contributed by atoms with Crippen molar-refractivity contribution in [2.24, 2.45) is 0 Å². The summed E-state index contributed by atoms with van der Waals surface area (Å²) in [5, 5.41) is 10.1. The number of benzene rings is 2. The lowest BCUT2D eigenvalue weighted by molar-refractivity contribution is 0.166. The van der Waals surface area contributed by atoms with Crippen LogP contribution >= 0.6 is 0 Å². The summed E-state index contributed by atoms with van der Waals surface area (Å²) >= 11 is 0. The maximum Gasteiger partial charge on any atom is 0.264 e. The predicted octanol–water partition coefficient (Wildman–Crippen LogP) is 3.07. The summed E-state index contributed by atoms with van der Waals surface area (Å²) < 4.78 is 40.8. The first kappa shape index (κ1) is 16.0. The van der Waals surface area contributed by atoms with Gasteiger partial charge in [-0.3, -0.25) is 4.31 Å². The highest BCUT2D eigenvalue weighted by Crippen LogP contribution is 2.38. The standard InChI is InChI=1S/C17H18FNO3S/c1-11-3-4-12(2)17(9-11)23(21,22)19-8-7-16(20)14-10-13(18)5-6-15(14)19/h3-6,9-10,16,20H,7-8H2,1-2H3. The number of nitrogens with zero attached hydrogens (tertiary/aromatic N) is 1. The second-order valence-electron chi connectivity index (χ2n) is 5.85. The number of hydrogen-bond donors (Lipinski definition) is 1. The third-order valence-corrected chi connectivity index (χ3v) is 6.09. The molecule has 0 aliphatic carbocycles. The molecule has 3 rings (SSSR count). The predicted molar refractivity (Wildman–Crippen MR) is 86.4 cm³/mol. The van der Waals surface area contributed by atoms with Gasteiger partial charge in [0.25, 0.3) is 10.0 Å². The Balaban J connectivity index is 2.15. The van der Waals surface area contributed by atoms with Crippen LogP contribution in [0.15, 0.2) is 41.3 Å². The number of sulfonamides is 1. The van der Waals surface area contributed by atoms with Crippen molar-refractivity contribution in [2.75, 3.05) is 10.8 Å². The van der Waals surface area contributed by atoms with Crippen LogP contribution in [-0.4, -0.2) is 20.1 Å². The molecule has 1 unspecified atom stereocenters. The lowest BCUT2D eigenvalue weighted by Crippen LogP contribution is -2.37. The molecule has 6 heteroatoms. The number of halogens is 1. The van der Waals surface area contributed by atoms with Gasteiger partial charge < -0.3 is 5.11 Å². The van der Waals surface area contributed by atoms with E-state index >= 15 is 0 Å². The molecule has 0 saturated carbocycles. The van der Waals surface area contributed by atoms with Crippen LogP contribution in [0.5, 0.6) is 0 Å². The topological polar surface area (TPSA) is 57.6 Å². The van der Waals surface area contributed by atoms with E-state index < -0.39 is 21.9 Å². The third-order valence-electron chi connectivity index (χ3n) is 4.13. The lowest BCUT2D eigenvalue weighted by Gasteiger charge is -2.33. The summed E-state index contributed by atoms with van der Waals surface area (Å²) in [5.74, 6) is -0.492. The number of hydrogen-bond acceptors (Lipinski definition) is 3. The minimum absolute atomic E-state index is 0.162. The summed E-state index contributed by atoms with van der Waals surface area (Å²) in [6, 6.07) is 9.09. The number of aliphatic hydroxyl groups excluding tert-OH is 1. The molecule has 1 heterocycles. The molecule has 0 amide bonds. The van der Waals surface area contributed by atoms with Gasteiger partial charge >= 0.3 is 0 Å². The molecule has 122 valence electrons. The van der Waals surface area contributed by atoms with Gasteiger partial charge in [0.15, 0.2) is 0 Å². The number of aliphatic hydroxyl groups is 1. The molecule has 1 atom stereocenters. The Morgan fingerprint density at radius 2 is 1.91 bits per heavy atom. The lowest BCUT2D eigenvalue weighted by atomic mass is 10.0. The molecular weight excluding hydrogens is 317 g/mol. The Bertz CT molecular complexity index is 864. The molecule has 1 N–H and O–H groups in total. The maximum atomic E-state index is 13.5. The monoisotopic (exact) mass is 335 g/mol. The zero-order chi connectivity index (χ0) is 16.8. The van der Waals surface area contributed by atoms with Crippen LogP contribution in [0.3, 0.4) is 0 Å². The van der Waals surface area contributed by atoms with Gasteiger partial charge in [0.1, 0.15) is 5.82 Å². The molecule has 2 aromatic carbocycles. The Hall–Kier alpha value is -1.92. The van der Waals surface area contributed by atoms with Gasteiger partial charge in [-0.05, 0) is 55.7 Å². The average molecular weight is 335 g/mol. The van der Waals surface area contributed by atoms with Crippen molar-refractivity contribution < 1.29 is 17.9 Å². The smallest absolute Gasteiger partial charge is 0.264 e. The van der Waals surface area contributed by atoms with Crippen LogP contribution in [-0.2, 0) is 10.0 Å². The Morgan fingerprint density at radius 1 is 1.17 bits per heavy atom. The average Bonchev–Trinajstić information content (AvgIpc) is 2.50. The normalized spacial score (nSPS) is 17.9. The van der Waals surface area contributed by atoms with E-state index in [1.165, 1.54) is 22.5 Å². The molecule has 0 spiro atoms. The van der Waals surface area contributed by atoms with Crippen molar-refractivity contribution in [1.29, 1.82) is 0 Å². The molecule has 0 fully saturated rings. The van der Waals surface area contributed by atoms with Gasteiger partial charge in [-0.2, -0.15) is 0 Å². The van der Waals surface area contributed by atoms with Crippen molar-refractivity contribution in [3.05, 3.63) is 58.9 Å². The summed E-state index contributed by atoms with van der Waals surface area (Å²) in [7, 11) is -3.77. The third kappa shape index (κ3) is 2.72. The Morgan fingerprint density at radius 3 is 2.65 bits per heavy atom. The first-order valence-corrected chi connectivity index (χ1v) is 8.82. The van der Waals surface area contributed by atoms with Crippen LogP contribution < -0.4 is 4.31 Å². The van der Waals surface area contributed by atoms with E-state index in [0.29, 0.717) is 16.8 Å². The van der Waals surface area contributed by atoms with Crippen molar-refractivity contribution in [3.63, 3.8) is 0 Å². The molecule has 1 aliphatic rings. The highest BCUT2D eigenvalue weighted by molar-refractivity contribution is 7.92. The van der Waals surface area contributed by atoms with Gasteiger partial charge in [0, 0.05) is 12.1 Å². The summed E-state index contributed by atoms with van der Waals surface area (Å²) in [4.78, 5) is 0.240. The first-order chi connectivity index (χ1) is 10.8. The highest BCUT2D eigenvalue weighted by atomic mass is 32.2. The van der Waals surface area contributed by atoms with Crippen molar-refractivity contribution in [3.8, 4) is 0 Å². The molecule has 0 radical (unpaired) electrons. The SMILES string of the molecule is Cc1ccc(C)c(S(=O)(=O)N2CCC(O)c3cc(F)ccc32)c1. The number of aryl methyl sites for hydroxylation is 2. The quantitative estimate of drug-likeness (QED) is 0.917. The van der Waals surface area contributed by atoms with Gasteiger partial charge in [0.2, 0.25) is 0 Å². The number of rotatable bonds is 2. The van der Waals surface area contributed by atoms with Crippen LogP contribution in [0.25, 0.3) is 0 Å². The first-order valence-electron chi connectivity index (χ1n) is 7.38. The van der Waals surface area contributed by atoms with E-state index in [-0.39, 0.29) is 17.9 Å². The summed E-state index contributed by atoms with van der Waals surface area (Å²) in [6.45, 7) is 3.74. The van der Waals surface area contributed by atoms with Crippen molar-refractivity contribution in [1.82, 2.24) is 0 Å². The number of fused-ring (bicyclic) bond motifs is 1. The minimum atomic E-state index is -3.77. The van der Waals surface area contributed by atoms with Gasteiger partial charge in [-0.1, -0.05) is 12.1 Å². The van der Waals surface area contributed by atoms with Crippen LogP contribution in [0.1, 0.15) is 29.2 Å². The van der Waals surface area contributed by atoms with Crippen molar-refractivity contribution >= 4 is 15.7 Å². The van der Waals surface area contributed by atoms with E-state index in [0.717, 1.165) is 5.56 Å². The minimum Gasteiger partial charge on any atom is -0.388 e. The summed E-state index contributed by atoms with van der Waals surface area (Å²) in [5.41, 5.74) is 2.16. The molecule has 0 saturated heterocycles. The van der Waals surface area contributed by atoms with Gasteiger partial charge in [-0.25, -0.2) is 12.8 Å². The zero-order valence-corrected chi connectivity index (χ0v) is 13.8. The molecule has 1 aliphatic heterocycles. The zero-order valence-electron chi connectivity index (χ0n) is 13.0. The van der Waals surface area contributed by atoms with Gasteiger partial charge in [0.05, 0.1) is 16.7 Å². The van der Waals surface area contributed by atoms with Crippen molar-refractivity contribution in [2.45, 2.75) is 31.3 Å². The second kappa shape index (κ2) is 5.62. The molecule has 0 bridgehead atoms. The second-order valence-corrected chi connectivity index (χ2v) is 7.68. The van der Waals surface area contributed by atoms with Gasteiger partial charge in [-0.15, -0.1) is 0 Å². The maximum absolute atomic E-state index is 13.5. The molecule has 2 aromatic rings. The largest absolute Gasteiger partial charge is 0.388 e. The molecule has 23 heavy (non-hydrogen) atoms.